The second-order valence-electron chi connectivity index (χ2n) is 14.6. The van der Waals surface area contributed by atoms with E-state index in [2.05, 4.69) is 0 Å². The number of carbonyl (C=O) groups is 4. The summed E-state index contributed by atoms with van der Waals surface area (Å²) in [4.78, 5) is 41.8. The van der Waals surface area contributed by atoms with E-state index >= 15 is 0 Å². The van der Waals surface area contributed by atoms with Crippen molar-refractivity contribution in [2.24, 2.45) is 69.5 Å². The van der Waals surface area contributed by atoms with Gasteiger partial charge in [0.15, 0.2) is 0 Å². The van der Waals surface area contributed by atoms with Gasteiger partial charge in [-0.3, -0.25) is 19.2 Å². The van der Waals surface area contributed by atoms with Crippen LogP contribution in [0.1, 0.15) is 128 Å². The van der Waals surface area contributed by atoms with Crippen LogP contribution < -0.4 is 70.5 Å². The van der Waals surface area contributed by atoms with Crippen LogP contribution in [0, 0.1) is 23.7 Å². The zero-order chi connectivity index (χ0) is 36.8. The first-order valence-electron chi connectivity index (χ1n) is 17.3. The second-order valence-corrected chi connectivity index (χ2v) is 14.6. The molecule has 0 amide bonds. The van der Waals surface area contributed by atoms with Gasteiger partial charge in [0.1, 0.15) is 0 Å². The molecular formula is C32H76N12O8. The molecule has 0 saturated heterocycles. The molecule has 0 aromatic heterocycles. The summed E-state index contributed by atoms with van der Waals surface area (Å²) in [5, 5.41) is 34.3. The highest BCUT2D eigenvalue weighted by Gasteiger charge is 2.37. The standard InChI is InChI=1S/4C8H16N2O2.4H3N/c4*9-8(10)4-2-1-3-6(8)5-7(11)12;;;;/h4*6H,1-5,9-10H2,(H,11,12);4*1H3. The van der Waals surface area contributed by atoms with Gasteiger partial charge in [-0.05, 0) is 51.4 Å². The van der Waals surface area contributed by atoms with Crippen molar-refractivity contribution in [2.45, 2.75) is 151 Å². The average molecular weight is 757 g/mol. The van der Waals surface area contributed by atoms with Crippen LogP contribution in [0.4, 0.5) is 0 Å². The third kappa shape index (κ3) is 21.2. The number of hydrogen-bond acceptors (Lipinski definition) is 16. The molecule has 4 aliphatic rings. The maximum Gasteiger partial charge on any atom is 0.303 e. The molecule has 4 saturated carbocycles. The minimum absolute atomic E-state index is 0. The van der Waals surface area contributed by atoms with Crippen LogP contribution in [0.25, 0.3) is 0 Å². The molecule has 0 heterocycles. The Morgan fingerprint density at radius 3 is 0.635 bits per heavy atom. The Bertz CT molecular complexity index is 889. The summed E-state index contributed by atoms with van der Waals surface area (Å²) in [6.07, 6.45) is 15.0. The van der Waals surface area contributed by atoms with Crippen LogP contribution in [0.2, 0.25) is 0 Å². The first kappa shape index (κ1) is 56.1. The Morgan fingerprint density at radius 1 is 0.365 bits per heavy atom. The van der Waals surface area contributed by atoms with E-state index in [1.54, 1.807) is 0 Å². The van der Waals surface area contributed by atoms with Crippen LogP contribution >= 0.6 is 0 Å². The summed E-state index contributed by atoms with van der Waals surface area (Å²) in [5.41, 5.74) is 43.3. The van der Waals surface area contributed by atoms with Gasteiger partial charge in [0.2, 0.25) is 0 Å². The monoisotopic (exact) mass is 757 g/mol. The lowest BCUT2D eigenvalue weighted by atomic mass is 9.78. The van der Waals surface area contributed by atoms with Crippen LogP contribution in [0.3, 0.4) is 0 Å². The lowest BCUT2D eigenvalue weighted by molar-refractivity contribution is -0.140. The molecule has 0 aromatic rings. The van der Waals surface area contributed by atoms with Crippen molar-refractivity contribution in [3.05, 3.63) is 0 Å². The Hall–Kier alpha value is -2.60. The molecule has 4 rings (SSSR count). The Kier molecular flexibility index (Phi) is 27.5. The summed E-state index contributed by atoms with van der Waals surface area (Å²) in [5.74, 6) is -3.42. The van der Waals surface area contributed by atoms with Crippen molar-refractivity contribution in [1.82, 2.24) is 24.6 Å². The number of hydrogen-bond donors (Lipinski definition) is 16. The van der Waals surface area contributed by atoms with E-state index in [-0.39, 0.29) is 74.0 Å². The highest BCUT2D eigenvalue weighted by atomic mass is 16.4. The lowest BCUT2D eigenvalue weighted by Crippen LogP contribution is -2.57. The molecule has 4 fully saturated rings. The fraction of sp³-hybridized carbons (Fsp3) is 0.875. The van der Waals surface area contributed by atoms with E-state index in [0.717, 1.165) is 103 Å². The molecule has 0 aromatic carbocycles. The number of aliphatic carboxylic acids is 4. The first-order chi connectivity index (χ1) is 22.1. The van der Waals surface area contributed by atoms with Gasteiger partial charge in [0, 0.05) is 23.7 Å². The van der Waals surface area contributed by atoms with Gasteiger partial charge in [-0.25, -0.2) is 0 Å². The molecule has 20 heteroatoms. The summed E-state index contributed by atoms with van der Waals surface area (Å²) < 4.78 is 0. The number of carboxylic acids is 4. The Labute approximate surface area is 308 Å². The molecule has 4 unspecified atom stereocenters. The van der Waals surface area contributed by atoms with Gasteiger partial charge >= 0.3 is 23.9 Å². The molecule has 0 bridgehead atoms. The average Bonchev–Trinajstić information content (AvgIpc) is 2.94. The predicted octanol–water partition coefficient (Wildman–Crippen LogP) is 1.71. The van der Waals surface area contributed by atoms with Crippen molar-refractivity contribution in [1.29, 1.82) is 0 Å². The second kappa shape index (κ2) is 25.4. The van der Waals surface area contributed by atoms with Gasteiger partial charge in [-0.1, -0.05) is 51.4 Å². The highest BCUT2D eigenvalue weighted by molar-refractivity contribution is 5.68. The third-order valence-corrected chi connectivity index (χ3v) is 10.4. The van der Waals surface area contributed by atoms with Gasteiger partial charge in [-0.2, -0.15) is 0 Å². The molecule has 32 N–H and O–H groups in total. The van der Waals surface area contributed by atoms with E-state index in [4.69, 9.17) is 66.3 Å². The highest BCUT2D eigenvalue weighted by Crippen LogP contribution is 2.33. The third-order valence-electron chi connectivity index (χ3n) is 10.4. The summed E-state index contributed by atoms with van der Waals surface area (Å²) in [6, 6.07) is 0. The summed E-state index contributed by atoms with van der Waals surface area (Å²) in [7, 11) is 0. The topological polar surface area (TPSA) is 497 Å². The SMILES string of the molecule is N.N.N.N.NC1(N)CCCCC1CC(=O)O.NC1(N)CCCCC1CC(=O)O.NC1(N)CCCCC1CC(=O)O.NC1(N)CCCCC1CC(=O)O. The normalized spacial score (nSPS) is 26.2. The van der Waals surface area contributed by atoms with Gasteiger partial charge in [0.25, 0.3) is 0 Å². The van der Waals surface area contributed by atoms with Crippen LogP contribution in [0.15, 0.2) is 0 Å². The molecule has 0 spiro atoms. The van der Waals surface area contributed by atoms with Crippen molar-refractivity contribution >= 4 is 23.9 Å². The predicted molar refractivity (Wildman–Crippen MR) is 201 cm³/mol. The Balaban J connectivity index is -0.000000288. The minimum atomic E-state index is -0.804. The van der Waals surface area contributed by atoms with E-state index in [1.165, 1.54) is 0 Å². The van der Waals surface area contributed by atoms with E-state index in [1.807, 2.05) is 0 Å². The van der Waals surface area contributed by atoms with Crippen molar-refractivity contribution in [2.75, 3.05) is 0 Å². The van der Waals surface area contributed by atoms with E-state index in [0.29, 0.717) is 0 Å². The molecular weight excluding hydrogens is 680 g/mol. The molecule has 4 atom stereocenters. The van der Waals surface area contributed by atoms with Crippen molar-refractivity contribution < 1.29 is 39.6 Å². The maximum atomic E-state index is 10.4. The van der Waals surface area contributed by atoms with Crippen LogP contribution in [-0.2, 0) is 19.2 Å². The summed E-state index contributed by atoms with van der Waals surface area (Å²) in [6.45, 7) is 0. The molecule has 52 heavy (non-hydrogen) atoms. The van der Waals surface area contributed by atoms with E-state index in [9.17, 15) is 19.2 Å². The number of nitrogens with two attached hydrogens (primary N) is 8. The fourth-order valence-corrected chi connectivity index (χ4v) is 7.19. The maximum absolute atomic E-state index is 10.4. The molecule has 312 valence electrons. The van der Waals surface area contributed by atoms with Crippen molar-refractivity contribution in [3.63, 3.8) is 0 Å². The quantitative estimate of drug-likeness (QED) is 0.157. The minimum Gasteiger partial charge on any atom is -0.481 e. The molecule has 0 radical (unpaired) electrons. The Morgan fingerprint density at radius 2 is 0.519 bits per heavy atom. The molecule has 4 aliphatic carbocycles. The van der Waals surface area contributed by atoms with Gasteiger partial charge < -0.3 is 90.9 Å². The summed E-state index contributed by atoms with van der Waals surface area (Å²) >= 11 is 0. The van der Waals surface area contributed by atoms with E-state index < -0.39 is 46.5 Å². The van der Waals surface area contributed by atoms with Crippen LogP contribution in [0.5, 0.6) is 0 Å². The van der Waals surface area contributed by atoms with Crippen molar-refractivity contribution in [3.8, 4) is 0 Å². The lowest BCUT2D eigenvalue weighted by Gasteiger charge is -2.37. The molecule has 0 aliphatic heterocycles. The molecule has 20 nitrogen and oxygen atoms in total. The first-order valence-corrected chi connectivity index (χ1v) is 17.3. The van der Waals surface area contributed by atoms with Crippen LogP contribution in [-0.4, -0.2) is 67.0 Å². The zero-order valence-electron chi connectivity index (χ0n) is 31.3. The van der Waals surface area contributed by atoms with Gasteiger partial charge in [0.05, 0.1) is 48.3 Å². The number of carboxylic acid groups (broad SMARTS) is 4. The smallest absolute Gasteiger partial charge is 0.303 e. The fourth-order valence-electron chi connectivity index (χ4n) is 7.19. The largest absolute Gasteiger partial charge is 0.481 e. The zero-order valence-corrected chi connectivity index (χ0v) is 31.3. The number of rotatable bonds is 8. The van der Waals surface area contributed by atoms with Gasteiger partial charge in [-0.15, -0.1) is 0 Å².